The van der Waals surface area contributed by atoms with Crippen LogP contribution in [-0.2, 0) is 10.0 Å². The van der Waals surface area contributed by atoms with Gasteiger partial charge < -0.3 is 10.2 Å². The summed E-state index contributed by atoms with van der Waals surface area (Å²) in [6.07, 6.45) is 0.348. The first-order chi connectivity index (χ1) is 8.84. The van der Waals surface area contributed by atoms with E-state index in [1.54, 1.807) is 0 Å². The third-order valence-corrected chi connectivity index (χ3v) is 4.87. The van der Waals surface area contributed by atoms with Crippen molar-refractivity contribution in [3.8, 4) is 0 Å². The molecule has 1 atom stereocenters. The Kier molecular flexibility index (Phi) is 3.61. The molecule has 0 aromatic carbocycles. The summed E-state index contributed by atoms with van der Waals surface area (Å²) in [6, 6.07) is 0. The van der Waals surface area contributed by atoms with Gasteiger partial charge in [0.15, 0.2) is 0 Å². The monoisotopic (exact) mass is 289 g/mol. The highest BCUT2D eigenvalue weighted by Gasteiger charge is 2.35. The van der Waals surface area contributed by atoms with Gasteiger partial charge in [0.05, 0.1) is 6.10 Å². The number of rotatable bonds is 3. The van der Waals surface area contributed by atoms with Crippen molar-refractivity contribution in [2.45, 2.75) is 30.9 Å². The Morgan fingerprint density at radius 2 is 2.21 bits per heavy atom. The van der Waals surface area contributed by atoms with Crippen LogP contribution in [-0.4, -0.2) is 58.3 Å². The summed E-state index contributed by atoms with van der Waals surface area (Å²) >= 11 is 0. The average molecular weight is 289 g/mol. The zero-order valence-corrected chi connectivity index (χ0v) is 11.1. The highest BCUT2D eigenvalue weighted by atomic mass is 32.2. The number of aliphatic hydroxyl groups excluding tert-OH is 1. The molecule has 0 spiro atoms. The maximum atomic E-state index is 12.3. The molecule has 106 valence electrons. The van der Waals surface area contributed by atoms with Gasteiger partial charge in [-0.05, 0) is 19.8 Å². The van der Waals surface area contributed by atoms with Gasteiger partial charge in [-0.1, -0.05) is 0 Å². The molecular formula is C10H15N3O5S. The molecule has 3 N–H and O–H groups in total. The topological polar surface area (TPSA) is 124 Å². The van der Waals surface area contributed by atoms with Crippen LogP contribution in [0, 0.1) is 6.92 Å². The first kappa shape index (κ1) is 14.0. The van der Waals surface area contributed by atoms with Crippen LogP contribution >= 0.6 is 0 Å². The van der Waals surface area contributed by atoms with Crippen molar-refractivity contribution >= 4 is 16.0 Å². The van der Waals surface area contributed by atoms with Gasteiger partial charge >= 0.3 is 5.97 Å². The molecule has 1 aliphatic heterocycles. The lowest BCUT2D eigenvalue weighted by molar-refractivity contribution is 0.0691. The number of carboxylic acid groups (broad SMARTS) is 1. The van der Waals surface area contributed by atoms with Crippen molar-refractivity contribution < 1.29 is 23.4 Å². The second-order valence-electron chi connectivity index (χ2n) is 4.49. The average Bonchev–Trinajstić information content (AvgIpc) is 2.72. The zero-order chi connectivity index (χ0) is 14.2. The zero-order valence-electron chi connectivity index (χ0n) is 10.3. The molecule has 1 fully saturated rings. The highest BCUT2D eigenvalue weighted by Crippen LogP contribution is 2.23. The highest BCUT2D eigenvalue weighted by molar-refractivity contribution is 7.89. The van der Waals surface area contributed by atoms with Crippen LogP contribution in [0.15, 0.2) is 5.03 Å². The second kappa shape index (κ2) is 4.91. The molecule has 2 rings (SSSR count). The SMILES string of the molecule is Cc1[nH]nc(S(=O)(=O)N2CCC[C@H](O)C2)c1C(=O)O. The fourth-order valence-corrected chi connectivity index (χ4v) is 3.75. The van der Waals surface area contributed by atoms with Crippen molar-refractivity contribution in [1.82, 2.24) is 14.5 Å². The van der Waals surface area contributed by atoms with Gasteiger partial charge in [0, 0.05) is 18.8 Å². The van der Waals surface area contributed by atoms with Gasteiger partial charge in [-0.15, -0.1) is 0 Å². The van der Waals surface area contributed by atoms with E-state index >= 15 is 0 Å². The van der Waals surface area contributed by atoms with Crippen LogP contribution < -0.4 is 0 Å². The quantitative estimate of drug-likeness (QED) is 0.693. The second-order valence-corrected chi connectivity index (χ2v) is 6.35. The van der Waals surface area contributed by atoms with Gasteiger partial charge in [-0.25, -0.2) is 13.2 Å². The molecule has 1 aromatic rings. The van der Waals surface area contributed by atoms with E-state index in [4.69, 9.17) is 5.11 Å². The van der Waals surface area contributed by atoms with E-state index in [-0.39, 0.29) is 24.3 Å². The van der Waals surface area contributed by atoms with Crippen LogP contribution in [0.2, 0.25) is 0 Å². The first-order valence-corrected chi connectivity index (χ1v) is 7.24. The van der Waals surface area contributed by atoms with E-state index in [1.807, 2.05) is 0 Å². The minimum absolute atomic E-state index is 0.0344. The fraction of sp³-hybridized carbons (Fsp3) is 0.600. The Morgan fingerprint density at radius 1 is 1.53 bits per heavy atom. The lowest BCUT2D eigenvalue weighted by Crippen LogP contribution is -2.42. The minimum Gasteiger partial charge on any atom is -0.478 e. The number of sulfonamides is 1. The third kappa shape index (κ3) is 2.48. The van der Waals surface area contributed by atoms with Gasteiger partial charge in [0.2, 0.25) is 5.03 Å². The summed E-state index contributed by atoms with van der Waals surface area (Å²) in [5.41, 5.74) is -0.163. The van der Waals surface area contributed by atoms with Crippen LogP contribution in [0.4, 0.5) is 0 Å². The molecule has 9 heteroatoms. The number of nitrogens with one attached hydrogen (secondary N) is 1. The number of nitrogens with zero attached hydrogens (tertiary/aromatic N) is 2. The lowest BCUT2D eigenvalue weighted by atomic mass is 10.1. The predicted octanol–water partition coefficient (Wildman–Crippen LogP) is -0.438. The molecular weight excluding hydrogens is 274 g/mol. The predicted molar refractivity (Wildman–Crippen MR) is 64.3 cm³/mol. The van der Waals surface area contributed by atoms with E-state index in [9.17, 15) is 18.3 Å². The largest absolute Gasteiger partial charge is 0.478 e. The van der Waals surface area contributed by atoms with Crippen molar-refractivity contribution in [3.63, 3.8) is 0 Å². The molecule has 0 radical (unpaired) electrons. The summed E-state index contributed by atoms with van der Waals surface area (Å²) in [7, 11) is -4.00. The number of hydrogen-bond acceptors (Lipinski definition) is 5. The van der Waals surface area contributed by atoms with Gasteiger partial charge in [0.25, 0.3) is 10.0 Å². The summed E-state index contributed by atoms with van der Waals surface area (Å²) in [5.74, 6) is -1.35. The molecule has 0 aliphatic carbocycles. The number of aliphatic hydroxyl groups is 1. The van der Waals surface area contributed by atoms with E-state index in [2.05, 4.69) is 10.2 Å². The molecule has 1 aromatic heterocycles. The van der Waals surface area contributed by atoms with Crippen molar-refractivity contribution in [3.05, 3.63) is 11.3 Å². The van der Waals surface area contributed by atoms with E-state index in [0.29, 0.717) is 12.8 Å². The summed E-state index contributed by atoms with van der Waals surface area (Å²) in [6.45, 7) is 1.66. The lowest BCUT2D eigenvalue weighted by Gasteiger charge is -2.28. The van der Waals surface area contributed by atoms with E-state index in [0.717, 1.165) is 4.31 Å². The van der Waals surface area contributed by atoms with Crippen molar-refractivity contribution in [2.24, 2.45) is 0 Å². The molecule has 0 bridgehead atoms. The number of aromatic nitrogens is 2. The molecule has 1 aliphatic rings. The Hall–Kier alpha value is -1.45. The third-order valence-electron chi connectivity index (χ3n) is 3.07. The first-order valence-electron chi connectivity index (χ1n) is 5.80. The number of carbonyl (C=O) groups is 1. The maximum Gasteiger partial charge on any atom is 0.340 e. The molecule has 8 nitrogen and oxygen atoms in total. The van der Waals surface area contributed by atoms with E-state index < -0.39 is 27.1 Å². The van der Waals surface area contributed by atoms with Gasteiger partial charge in [-0.3, -0.25) is 5.10 Å². The van der Waals surface area contributed by atoms with Crippen molar-refractivity contribution in [2.75, 3.05) is 13.1 Å². The number of hydrogen-bond donors (Lipinski definition) is 3. The van der Waals surface area contributed by atoms with Crippen LogP contribution in [0.25, 0.3) is 0 Å². The number of aromatic carboxylic acids is 1. The summed E-state index contributed by atoms with van der Waals surface area (Å²) < 4.78 is 25.8. The number of β-amino-alcohol motifs (C(OH)–C–C–N with tert-alkyl or cyclic N) is 1. The molecule has 1 saturated heterocycles. The number of aromatic amines is 1. The maximum absolute atomic E-state index is 12.3. The number of aryl methyl sites for hydroxylation is 1. The Morgan fingerprint density at radius 3 is 2.79 bits per heavy atom. The number of H-pyrrole nitrogens is 1. The fourth-order valence-electron chi connectivity index (χ4n) is 2.11. The van der Waals surface area contributed by atoms with Crippen LogP contribution in [0.1, 0.15) is 28.9 Å². The molecule has 0 amide bonds. The Bertz CT molecular complexity index is 594. The molecule has 2 heterocycles. The Balaban J connectivity index is 2.42. The standard InChI is InChI=1S/C10H15N3O5S/c1-6-8(10(15)16)9(12-11-6)19(17,18)13-4-2-3-7(14)5-13/h7,14H,2-5H2,1H3,(H,11,12)(H,15,16)/t7-/m0/s1. The Labute approximate surface area is 110 Å². The minimum atomic E-state index is -4.00. The van der Waals surface area contributed by atoms with E-state index in [1.165, 1.54) is 6.92 Å². The summed E-state index contributed by atoms with van der Waals surface area (Å²) in [4.78, 5) is 11.1. The summed E-state index contributed by atoms with van der Waals surface area (Å²) in [5, 5.41) is 24.1. The molecule has 0 unspecified atom stereocenters. The van der Waals surface area contributed by atoms with Gasteiger partial charge in [0.1, 0.15) is 5.56 Å². The molecule has 19 heavy (non-hydrogen) atoms. The van der Waals surface area contributed by atoms with Gasteiger partial charge in [-0.2, -0.15) is 9.40 Å². The number of piperidine rings is 1. The van der Waals surface area contributed by atoms with Crippen molar-refractivity contribution in [1.29, 1.82) is 0 Å². The van der Waals surface area contributed by atoms with Crippen LogP contribution in [0.3, 0.4) is 0 Å². The number of carboxylic acids is 1. The van der Waals surface area contributed by atoms with Crippen LogP contribution in [0.5, 0.6) is 0 Å². The molecule has 0 saturated carbocycles. The smallest absolute Gasteiger partial charge is 0.340 e. The normalized spacial score (nSPS) is 21.5.